The molecular formula is C26H31F5N3O2P. The molecule has 37 heavy (non-hydrogen) atoms. The van der Waals surface area contributed by atoms with Crippen LogP contribution in [0.25, 0.3) is 5.57 Å². The van der Waals surface area contributed by atoms with Crippen LogP contribution < -0.4 is 10.1 Å². The zero-order valence-corrected chi connectivity index (χ0v) is 22.5. The highest BCUT2D eigenvalue weighted by molar-refractivity contribution is 7.18. The highest BCUT2D eigenvalue weighted by Crippen LogP contribution is 2.47. The van der Waals surface area contributed by atoms with Crippen molar-refractivity contribution in [3.05, 3.63) is 52.9 Å². The Hall–Kier alpha value is -3.05. The molecular weight excluding hydrogens is 512 g/mol. The summed E-state index contributed by atoms with van der Waals surface area (Å²) in [6.45, 7) is 6.65. The number of nitrogens with one attached hydrogen (secondary N) is 1. The molecule has 0 bridgehead atoms. The van der Waals surface area contributed by atoms with Crippen LogP contribution in [-0.4, -0.2) is 42.1 Å². The largest absolute Gasteiger partial charge is 0.494 e. The topological polar surface area (TPSA) is 63.6 Å². The summed E-state index contributed by atoms with van der Waals surface area (Å²) < 4.78 is 71.0. The zero-order chi connectivity index (χ0) is 28.6. The fourth-order valence-electron chi connectivity index (χ4n) is 3.34. The van der Waals surface area contributed by atoms with Gasteiger partial charge >= 0.3 is 6.18 Å². The van der Waals surface area contributed by atoms with Gasteiger partial charge in [0.1, 0.15) is 17.2 Å². The molecule has 0 radical (unpaired) electrons. The van der Waals surface area contributed by atoms with Crippen LogP contribution in [0.4, 0.5) is 22.0 Å². The SMILES string of the molecule is C#C.C/C=C(\C=C(/C)C(F)(F)P)c1ncc(C2(NC(=O)C3=CC(C(F)(F)F)=NC3)CC2)cc1OC.CC. The van der Waals surface area contributed by atoms with Crippen molar-refractivity contribution in [2.75, 3.05) is 13.7 Å². The Morgan fingerprint density at radius 3 is 2.24 bits per heavy atom. The van der Waals surface area contributed by atoms with Crippen LogP contribution in [0.1, 0.15) is 51.8 Å². The lowest BCUT2D eigenvalue weighted by atomic mass is 10.0. The van der Waals surface area contributed by atoms with Gasteiger partial charge in [0.2, 0.25) is 5.91 Å². The Labute approximate surface area is 216 Å². The van der Waals surface area contributed by atoms with Gasteiger partial charge in [0, 0.05) is 11.8 Å². The third-order valence-electron chi connectivity index (χ3n) is 5.52. The first kappa shape index (κ1) is 32.0. The number of ether oxygens (including phenoxy) is 1. The number of alkyl halides is 5. The second-order valence-electron chi connectivity index (χ2n) is 7.87. The average Bonchev–Trinajstić information content (AvgIpc) is 3.45. The molecule has 1 aliphatic heterocycles. The third kappa shape index (κ3) is 7.96. The molecule has 3 rings (SSSR count). The molecule has 5 nitrogen and oxygen atoms in total. The minimum atomic E-state index is -4.61. The van der Waals surface area contributed by atoms with E-state index >= 15 is 0 Å². The summed E-state index contributed by atoms with van der Waals surface area (Å²) in [6.07, 6.45) is 9.74. The lowest BCUT2D eigenvalue weighted by molar-refractivity contribution is -0.118. The first-order valence-corrected chi connectivity index (χ1v) is 11.9. The molecule has 1 fully saturated rings. The third-order valence-corrected chi connectivity index (χ3v) is 5.98. The number of amides is 1. The number of pyridine rings is 1. The standard InChI is InChI=1S/C22H23F5N3O2P.C2H6.C2H2/c1-4-13(7-12(2)22(26,27)33)18-16(32-3)9-15(11-29-18)20(5-6-20)30-19(31)14-8-17(28-10-14)21(23,24)25;2*1-2/h4,7-9,11H,5-6,10,33H2,1-3H3,(H,30,31);1-2H3;1-2H/b12-7+,13-4+;;. The van der Waals surface area contributed by atoms with E-state index in [4.69, 9.17) is 4.74 Å². The number of carbonyl (C=O) groups is 1. The summed E-state index contributed by atoms with van der Waals surface area (Å²) in [6, 6.07) is 1.65. The number of halogens is 5. The van der Waals surface area contributed by atoms with Crippen molar-refractivity contribution in [1.29, 1.82) is 0 Å². The van der Waals surface area contributed by atoms with Gasteiger partial charge in [0.15, 0.2) is 0 Å². The first-order chi connectivity index (χ1) is 17.3. The Balaban J connectivity index is 0.00000163. The number of aliphatic imine (C=N–C) groups is 1. The Morgan fingerprint density at radius 2 is 1.81 bits per heavy atom. The van der Waals surface area contributed by atoms with Gasteiger partial charge in [-0.15, -0.1) is 12.8 Å². The van der Waals surface area contributed by atoms with Gasteiger partial charge in [-0.2, -0.15) is 22.0 Å². The van der Waals surface area contributed by atoms with E-state index in [9.17, 15) is 26.7 Å². The van der Waals surface area contributed by atoms with E-state index in [0.717, 1.165) is 6.08 Å². The van der Waals surface area contributed by atoms with Crippen molar-refractivity contribution in [3.63, 3.8) is 0 Å². The maximum atomic E-state index is 13.6. The molecule has 0 aromatic carbocycles. The lowest BCUT2D eigenvalue weighted by Gasteiger charge is -2.20. The number of terminal acetylenes is 1. The minimum absolute atomic E-state index is 0.0691. The monoisotopic (exact) mass is 543 g/mol. The summed E-state index contributed by atoms with van der Waals surface area (Å²) in [5.41, 5.74) is -3.80. The van der Waals surface area contributed by atoms with E-state index in [2.05, 4.69) is 28.1 Å². The van der Waals surface area contributed by atoms with Gasteiger partial charge in [-0.25, -0.2) is 0 Å². The molecule has 1 N–H and O–H groups in total. The van der Waals surface area contributed by atoms with E-state index in [-0.39, 0.29) is 17.7 Å². The summed E-state index contributed by atoms with van der Waals surface area (Å²) in [5, 5.41) is 2.79. The molecule has 202 valence electrons. The minimum Gasteiger partial charge on any atom is -0.494 e. The molecule has 1 aromatic rings. The molecule has 11 heteroatoms. The second kappa shape index (κ2) is 13.0. The number of aromatic nitrogens is 1. The molecule has 1 amide bonds. The smallest absolute Gasteiger partial charge is 0.432 e. The Morgan fingerprint density at radius 1 is 1.22 bits per heavy atom. The van der Waals surface area contributed by atoms with Gasteiger partial charge in [0.25, 0.3) is 5.66 Å². The van der Waals surface area contributed by atoms with Crippen LogP contribution in [-0.2, 0) is 10.3 Å². The number of allylic oxidation sites excluding steroid dienone is 5. The summed E-state index contributed by atoms with van der Waals surface area (Å²) >= 11 is 0. The molecule has 1 aromatic heterocycles. The van der Waals surface area contributed by atoms with Crippen molar-refractivity contribution in [2.45, 2.75) is 57.9 Å². The molecule has 2 heterocycles. The maximum absolute atomic E-state index is 13.6. The van der Waals surface area contributed by atoms with Crippen LogP contribution in [0.3, 0.4) is 0 Å². The molecule has 0 saturated heterocycles. The predicted octanol–water partition coefficient (Wildman–Crippen LogP) is 6.23. The van der Waals surface area contributed by atoms with Crippen molar-refractivity contribution in [3.8, 4) is 18.6 Å². The first-order valence-electron chi connectivity index (χ1n) is 11.4. The maximum Gasteiger partial charge on any atom is 0.432 e. The molecule has 1 aliphatic carbocycles. The number of methoxy groups -OCH3 is 1. The highest BCUT2D eigenvalue weighted by Gasteiger charge is 2.47. The van der Waals surface area contributed by atoms with Crippen molar-refractivity contribution >= 4 is 26.4 Å². The van der Waals surface area contributed by atoms with E-state index in [1.54, 1.807) is 19.1 Å². The van der Waals surface area contributed by atoms with Crippen molar-refractivity contribution in [1.82, 2.24) is 10.3 Å². The van der Waals surface area contributed by atoms with E-state index < -0.39 is 29.0 Å². The van der Waals surface area contributed by atoms with E-state index in [0.29, 0.717) is 35.4 Å². The van der Waals surface area contributed by atoms with E-state index in [1.807, 2.05) is 13.8 Å². The zero-order valence-electron chi connectivity index (χ0n) is 21.3. The van der Waals surface area contributed by atoms with Gasteiger partial charge in [-0.3, -0.25) is 14.8 Å². The summed E-state index contributed by atoms with van der Waals surface area (Å²) in [5.74, 6) is -0.311. The van der Waals surface area contributed by atoms with Crippen LogP contribution in [0.2, 0.25) is 0 Å². The highest BCUT2D eigenvalue weighted by atomic mass is 31.0. The number of carbonyl (C=O) groups excluding carboxylic acids is 1. The van der Waals surface area contributed by atoms with Crippen LogP contribution >= 0.6 is 9.24 Å². The average molecular weight is 544 g/mol. The second-order valence-corrected chi connectivity index (χ2v) is 8.60. The van der Waals surface area contributed by atoms with Gasteiger partial charge in [-0.1, -0.05) is 29.2 Å². The quantitative estimate of drug-likeness (QED) is 0.192. The van der Waals surface area contributed by atoms with Gasteiger partial charge in [-0.05, 0) is 61.6 Å². The molecule has 1 saturated carbocycles. The number of hydrogen-bond acceptors (Lipinski definition) is 4. The van der Waals surface area contributed by atoms with Crippen molar-refractivity contribution in [2.24, 2.45) is 4.99 Å². The lowest BCUT2D eigenvalue weighted by Crippen LogP contribution is -2.36. The molecule has 2 aliphatic rings. The van der Waals surface area contributed by atoms with Gasteiger partial charge in [0.05, 0.1) is 19.2 Å². The normalized spacial score (nSPS) is 16.8. The van der Waals surface area contributed by atoms with Crippen LogP contribution in [0.15, 0.2) is 46.6 Å². The molecule has 0 spiro atoms. The summed E-state index contributed by atoms with van der Waals surface area (Å²) in [7, 11) is 2.89. The predicted molar refractivity (Wildman–Crippen MR) is 140 cm³/mol. The van der Waals surface area contributed by atoms with Crippen LogP contribution in [0, 0.1) is 12.8 Å². The van der Waals surface area contributed by atoms with E-state index in [1.165, 1.54) is 35.5 Å². The van der Waals surface area contributed by atoms with Gasteiger partial charge < -0.3 is 10.1 Å². The van der Waals surface area contributed by atoms with Crippen LogP contribution in [0.5, 0.6) is 5.75 Å². The summed E-state index contributed by atoms with van der Waals surface area (Å²) in [4.78, 5) is 20.3. The fraction of sp³-hybridized carbons (Fsp3) is 0.423. The number of rotatable bonds is 7. The fourth-order valence-corrected chi connectivity index (χ4v) is 3.42. The number of hydrogen-bond donors (Lipinski definition) is 1. The Bertz CT molecular complexity index is 1130. The molecule has 1 unspecified atom stereocenters. The van der Waals surface area contributed by atoms with Crippen molar-refractivity contribution < 1.29 is 31.5 Å². The Kier molecular flexibility index (Phi) is 11.2. The molecule has 1 atom stereocenters. The number of nitrogens with zero attached hydrogens (tertiary/aromatic N) is 2.